The molecule has 0 radical (unpaired) electrons. The van der Waals surface area contributed by atoms with Gasteiger partial charge in [0.2, 0.25) is 0 Å². The Morgan fingerprint density at radius 2 is 1.87 bits per heavy atom. The Hall–Kier alpha value is -4.11. The van der Waals surface area contributed by atoms with Crippen LogP contribution in [0.25, 0.3) is 0 Å². The number of amides is 1. The van der Waals surface area contributed by atoms with Crippen LogP contribution in [0.3, 0.4) is 0 Å². The minimum atomic E-state index is -0.102. The van der Waals surface area contributed by atoms with Crippen molar-refractivity contribution in [2.45, 2.75) is 13.8 Å². The molecule has 0 atom stereocenters. The maximum absolute atomic E-state index is 12.9. The zero-order chi connectivity index (χ0) is 22.4. The van der Waals surface area contributed by atoms with Crippen LogP contribution in [0.4, 0.5) is 11.5 Å². The van der Waals surface area contributed by atoms with Crippen molar-refractivity contribution in [3.8, 4) is 11.8 Å². The summed E-state index contributed by atoms with van der Waals surface area (Å²) in [6.07, 6.45) is 1.67. The third kappa shape index (κ3) is 5.28. The predicted octanol–water partition coefficient (Wildman–Crippen LogP) is 3.72. The largest absolute Gasteiger partial charge is 0.384 e. The van der Waals surface area contributed by atoms with Gasteiger partial charge < -0.3 is 11.1 Å². The monoisotopic (exact) mass is 411 g/mol. The number of pyridine rings is 1. The first kappa shape index (κ1) is 21.6. The first-order chi connectivity index (χ1) is 14.9. The van der Waals surface area contributed by atoms with Crippen molar-refractivity contribution >= 4 is 23.2 Å². The lowest BCUT2D eigenvalue weighted by Crippen LogP contribution is -2.27. The summed E-state index contributed by atoms with van der Waals surface area (Å²) >= 11 is 0. The number of carbonyl (C=O) groups excluding carboxylic acids is 1. The number of nitrogen functional groups attached to an aromatic ring is 1. The van der Waals surface area contributed by atoms with E-state index in [0.29, 0.717) is 23.5 Å². The van der Waals surface area contributed by atoms with E-state index in [1.165, 1.54) is 0 Å². The number of benzene rings is 2. The third-order valence-corrected chi connectivity index (χ3v) is 4.90. The Morgan fingerprint density at radius 1 is 1.13 bits per heavy atom. The van der Waals surface area contributed by atoms with Crippen LogP contribution in [0.5, 0.6) is 0 Å². The van der Waals surface area contributed by atoms with Crippen LogP contribution < -0.4 is 16.0 Å². The van der Waals surface area contributed by atoms with Crippen LogP contribution in [-0.4, -0.2) is 30.3 Å². The number of rotatable bonds is 5. The second kappa shape index (κ2) is 9.59. The summed E-state index contributed by atoms with van der Waals surface area (Å²) in [6, 6.07) is 16.6. The Balaban J connectivity index is 1.69. The van der Waals surface area contributed by atoms with Gasteiger partial charge in [0, 0.05) is 35.6 Å². The van der Waals surface area contributed by atoms with Crippen molar-refractivity contribution in [1.29, 1.82) is 5.41 Å². The predicted molar refractivity (Wildman–Crippen MR) is 126 cm³/mol. The number of nitrogens with one attached hydrogen (secondary N) is 2. The van der Waals surface area contributed by atoms with E-state index in [-0.39, 0.29) is 11.7 Å². The van der Waals surface area contributed by atoms with Gasteiger partial charge in [-0.1, -0.05) is 17.9 Å². The van der Waals surface area contributed by atoms with Crippen LogP contribution in [0.1, 0.15) is 32.6 Å². The van der Waals surface area contributed by atoms with Crippen molar-refractivity contribution in [3.63, 3.8) is 0 Å². The zero-order valence-corrected chi connectivity index (χ0v) is 17.9. The van der Waals surface area contributed by atoms with Gasteiger partial charge in [0.1, 0.15) is 11.7 Å². The molecule has 31 heavy (non-hydrogen) atoms. The van der Waals surface area contributed by atoms with Crippen LogP contribution in [-0.2, 0) is 0 Å². The fourth-order valence-corrected chi connectivity index (χ4v) is 3.07. The second-order valence-electron chi connectivity index (χ2n) is 7.18. The van der Waals surface area contributed by atoms with Gasteiger partial charge in [0.15, 0.2) is 0 Å². The molecule has 1 amide bonds. The Labute approximate surface area is 182 Å². The molecule has 0 aliphatic heterocycles. The van der Waals surface area contributed by atoms with Gasteiger partial charge in [0.25, 0.3) is 5.91 Å². The minimum Gasteiger partial charge on any atom is -0.384 e. The van der Waals surface area contributed by atoms with E-state index < -0.39 is 0 Å². The molecule has 1 heterocycles. The number of nitrogens with zero attached hydrogens (tertiary/aromatic N) is 2. The number of amidine groups is 1. The fraction of sp³-hybridized carbons (Fsp3) is 0.160. The summed E-state index contributed by atoms with van der Waals surface area (Å²) < 4.78 is 0. The van der Waals surface area contributed by atoms with Crippen LogP contribution in [0.15, 0.2) is 60.8 Å². The minimum absolute atomic E-state index is 0.0466. The zero-order valence-electron chi connectivity index (χ0n) is 17.9. The SMILES string of the molecule is Cc1cc(C(=O)N(C)c2ccccn2)c(C)cc1C#CCNc1ccc(C(=N)N)cc1. The highest BCUT2D eigenvalue weighted by molar-refractivity contribution is 6.06. The van der Waals surface area contributed by atoms with Crippen LogP contribution >= 0.6 is 0 Å². The van der Waals surface area contributed by atoms with E-state index >= 15 is 0 Å². The van der Waals surface area contributed by atoms with Crippen molar-refractivity contribution in [2.75, 3.05) is 23.8 Å². The lowest BCUT2D eigenvalue weighted by atomic mass is 9.99. The average Bonchev–Trinajstić information content (AvgIpc) is 2.78. The van der Waals surface area contributed by atoms with E-state index in [2.05, 4.69) is 22.1 Å². The average molecular weight is 412 g/mol. The van der Waals surface area contributed by atoms with Gasteiger partial charge in [-0.05, 0) is 73.5 Å². The fourth-order valence-electron chi connectivity index (χ4n) is 3.07. The molecule has 6 nitrogen and oxygen atoms in total. The van der Waals surface area contributed by atoms with Crippen molar-refractivity contribution in [1.82, 2.24) is 4.98 Å². The lowest BCUT2D eigenvalue weighted by Gasteiger charge is -2.18. The summed E-state index contributed by atoms with van der Waals surface area (Å²) in [4.78, 5) is 18.7. The maximum Gasteiger partial charge on any atom is 0.259 e. The third-order valence-electron chi connectivity index (χ3n) is 4.90. The molecule has 0 saturated carbocycles. The number of hydrogen-bond acceptors (Lipinski definition) is 4. The lowest BCUT2D eigenvalue weighted by molar-refractivity contribution is 0.0991. The standard InChI is InChI=1S/C25H25N5O/c1-17-16-22(25(31)30(3)23-8-4-5-13-29-23)18(2)15-20(17)7-6-14-28-21-11-9-19(10-12-21)24(26)27/h4-5,8-13,15-16,28H,14H2,1-3H3,(H3,26,27). The molecule has 0 aliphatic rings. The summed E-state index contributed by atoms with van der Waals surface area (Å²) in [5.41, 5.74) is 10.4. The number of aryl methyl sites for hydroxylation is 2. The molecule has 0 spiro atoms. The Bertz CT molecular complexity index is 1160. The highest BCUT2D eigenvalue weighted by atomic mass is 16.2. The molecule has 3 aromatic rings. The molecule has 156 valence electrons. The molecule has 3 rings (SSSR count). The Morgan fingerprint density at radius 3 is 2.52 bits per heavy atom. The molecular formula is C25H25N5O. The highest BCUT2D eigenvalue weighted by Gasteiger charge is 2.17. The first-order valence-corrected chi connectivity index (χ1v) is 9.84. The van der Waals surface area contributed by atoms with E-state index in [1.807, 2.05) is 50.2 Å². The van der Waals surface area contributed by atoms with E-state index in [0.717, 1.165) is 22.4 Å². The van der Waals surface area contributed by atoms with Crippen molar-refractivity contribution in [2.24, 2.45) is 5.73 Å². The quantitative estimate of drug-likeness (QED) is 0.339. The molecule has 0 bridgehead atoms. The maximum atomic E-state index is 12.9. The smallest absolute Gasteiger partial charge is 0.259 e. The molecule has 0 unspecified atom stereocenters. The molecule has 4 N–H and O–H groups in total. The first-order valence-electron chi connectivity index (χ1n) is 9.84. The second-order valence-corrected chi connectivity index (χ2v) is 7.18. The van der Waals surface area contributed by atoms with Gasteiger partial charge >= 0.3 is 0 Å². The number of aromatic nitrogens is 1. The molecule has 1 aromatic heterocycles. The summed E-state index contributed by atoms with van der Waals surface area (Å²) in [6.45, 7) is 4.34. The molecule has 0 saturated heterocycles. The van der Waals surface area contributed by atoms with E-state index in [1.54, 1.807) is 36.3 Å². The van der Waals surface area contributed by atoms with Gasteiger partial charge in [-0.25, -0.2) is 4.98 Å². The normalized spacial score (nSPS) is 10.0. The highest BCUT2D eigenvalue weighted by Crippen LogP contribution is 2.19. The molecule has 2 aromatic carbocycles. The van der Waals surface area contributed by atoms with Crippen molar-refractivity contribution in [3.05, 3.63) is 88.6 Å². The number of anilines is 2. The van der Waals surface area contributed by atoms with Gasteiger partial charge in [0.05, 0.1) is 6.54 Å². The van der Waals surface area contributed by atoms with E-state index in [4.69, 9.17) is 11.1 Å². The number of nitrogens with two attached hydrogens (primary N) is 1. The topological polar surface area (TPSA) is 95.1 Å². The molecule has 0 fully saturated rings. The van der Waals surface area contributed by atoms with E-state index in [9.17, 15) is 4.79 Å². The van der Waals surface area contributed by atoms with Crippen LogP contribution in [0.2, 0.25) is 0 Å². The number of hydrogen-bond donors (Lipinski definition) is 3. The summed E-state index contributed by atoms with van der Waals surface area (Å²) in [5, 5.41) is 10.6. The number of carbonyl (C=O) groups is 1. The van der Waals surface area contributed by atoms with Gasteiger partial charge in [-0.2, -0.15) is 0 Å². The van der Waals surface area contributed by atoms with Gasteiger partial charge in [-0.3, -0.25) is 15.1 Å². The van der Waals surface area contributed by atoms with Crippen LogP contribution in [0, 0.1) is 31.1 Å². The molecule has 6 heteroatoms. The van der Waals surface area contributed by atoms with Gasteiger partial charge in [-0.15, -0.1) is 0 Å². The summed E-state index contributed by atoms with van der Waals surface area (Å²) in [5.74, 6) is 6.85. The summed E-state index contributed by atoms with van der Waals surface area (Å²) in [7, 11) is 1.72. The molecular weight excluding hydrogens is 386 g/mol. The Kier molecular flexibility index (Phi) is 6.68. The van der Waals surface area contributed by atoms with Crippen molar-refractivity contribution < 1.29 is 4.79 Å². The molecule has 0 aliphatic carbocycles.